The van der Waals surface area contributed by atoms with E-state index in [0.29, 0.717) is 12.1 Å². The van der Waals surface area contributed by atoms with Crippen LogP contribution < -0.4 is 10.2 Å². The lowest BCUT2D eigenvalue weighted by atomic mass is 9.97. The summed E-state index contributed by atoms with van der Waals surface area (Å²) >= 11 is 0. The standard InChI is InChI=1S/C31H37N5O2/c1-20-7-5-6-8-27(20)30(37)32-19-25-12-10-23-9-11-24(18-28(23)25)31(38)35(4)26-13-15-36(16-14-26)29-17-21(2)33-22(3)34-29/h5-9,11,17-18,25-26H,10,12-16,19H2,1-4H3,(H,32,37)/t25-/m0/s1. The van der Waals surface area contributed by atoms with Crippen LogP contribution in [0.1, 0.15) is 74.1 Å². The quantitative estimate of drug-likeness (QED) is 0.523. The second kappa shape index (κ2) is 10.9. The van der Waals surface area contributed by atoms with Crippen LogP contribution >= 0.6 is 0 Å². The zero-order valence-corrected chi connectivity index (χ0v) is 22.8. The van der Waals surface area contributed by atoms with Crippen LogP contribution in [0.3, 0.4) is 0 Å². The first-order valence-corrected chi connectivity index (χ1v) is 13.6. The molecule has 1 fully saturated rings. The molecule has 2 aliphatic rings. The molecule has 2 aromatic carbocycles. The van der Waals surface area contributed by atoms with Gasteiger partial charge in [-0.3, -0.25) is 9.59 Å². The number of piperidine rings is 1. The minimum atomic E-state index is -0.0397. The number of hydrogen-bond donors (Lipinski definition) is 1. The van der Waals surface area contributed by atoms with Crippen LogP contribution in [0.2, 0.25) is 0 Å². The third kappa shape index (κ3) is 5.42. The summed E-state index contributed by atoms with van der Waals surface area (Å²) in [6.07, 6.45) is 3.77. The lowest BCUT2D eigenvalue weighted by Crippen LogP contribution is -2.46. The highest BCUT2D eigenvalue weighted by molar-refractivity contribution is 5.96. The van der Waals surface area contributed by atoms with Crippen molar-refractivity contribution in [2.75, 3.05) is 31.6 Å². The van der Waals surface area contributed by atoms with Crippen LogP contribution in [-0.2, 0) is 6.42 Å². The Hall–Kier alpha value is -3.74. The van der Waals surface area contributed by atoms with Crippen LogP contribution in [0.5, 0.6) is 0 Å². The van der Waals surface area contributed by atoms with Gasteiger partial charge in [-0.15, -0.1) is 0 Å². The van der Waals surface area contributed by atoms with E-state index in [-0.39, 0.29) is 23.8 Å². The molecule has 2 amide bonds. The molecule has 38 heavy (non-hydrogen) atoms. The third-order valence-electron chi connectivity index (χ3n) is 8.10. The third-order valence-corrected chi connectivity index (χ3v) is 8.10. The fraction of sp³-hybridized carbons (Fsp3) is 0.419. The molecule has 1 atom stereocenters. The van der Waals surface area contributed by atoms with Crippen LogP contribution in [0.4, 0.5) is 5.82 Å². The number of fused-ring (bicyclic) bond motifs is 1. The van der Waals surface area contributed by atoms with Gasteiger partial charge in [0.25, 0.3) is 11.8 Å². The molecule has 7 heteroatoms. The van der Waals surface area contributed by atoms with Crippen LogP contribution in [-0.4, -0.2) is 59.4 Å². The highest BCUT2D eigenvalue weighted by Crippen LogP contribution is 2.34. The molecule has 1 aromatic heterocycles. The van der Waals surface area contributed by atoms with E-state index in [1.165, 1.54) is 11.1 Å². The van der Waals surface area contributed by atoms with Crippen molar-refractivity contribution in [2.24, 2.45) is 0 Å². The Kier molecular flexibility index (Phi) is 7.45. The van der Waals surface area contributed by atoms with Crippen molar-refractivity contribution >= 4 is 17.6 Å². The van der Waals surface area contributed by atoms with E-state index < -0.39 is 0 Å². The summed E-state index contributed by atoms with van der Waals surface area (Å²) in [4.78, 5) is 39.4. The molecule has 198 valence electrons. The molecule has 1 aliphatic heterocycles. The van der Waals surface area contributed by atoms with Crippen molar-refractivity contribution in [3.8, 4) is 0 Å². The van der Waals surface area contributed by atoms with Crippen molar-refractivity contribution in [3.63, 3.8) is 0 Å². The van der Waals surface area contributed by atoms with E-state index >= 15 is 0 Å². The second-order valence-corrected chi connectivity index (χ2v) is 10.7. The van der Waals surface area contributed by atoms with Crippen molar-refractivity contribution in [1.82, 2.24) is 20.2 Å². The first-order chi connectivity index (χ1) is 18.3. The molecule has 7 nitrogen and oxygen atoms in total. The number of aryl methyl sites for hydroxylation is 4. The summed E-state index contributed by atoms with van der Waals surface area (Å²) in [6, 6.07) is 16.0. The predicted molar refractivity (Wildman–Crippen MR) is 150 cm³/mol. The second-order valence-electron chi connectivity index (χ2n) is 10.7. The van der Waals surface area contributed by atoms with E-state index in [9.17, 15) is 9.59 Å². The fourth-order valence-corrected chi connectivity index (χ4v) is 5.88. The zero-order valence-electron chi connectivity index (χ0n) is 22.8. The van der Waals surface area contributed by atoms with E-state index in [0.717, 1.165) is 67.2 Å². The summed E-state index contributed by atoms with van der Waals surface area (Å²) in [5.74, 6) is 2.01. The Bertz CT molecular complexity index is 1330. The van der Waals surface area contributed by atoms with Gasteiger partial charge >= 0.3 is 0 Å². The molecule has 2 heterocycles. The van der Waals surface area contributed by atoms with Gasteiger partial charge in [0.1, 0.15) is 11.6 Å². The van der Waals surface area contributed by atoms with Crippen molar-refractivity contribution in [1.29, 1.82) is 0 Å². The highest BCUT2D eigenvalue weighted by atomic mass is 16.2. The number of hydrogen-bond acceptors (Lipinski definition) is 5. The zero-order chi connectivity index (χ0) is 26.8. The summed E-state index contributed by atoms with van der Waals surface area (Å²) in [6.45, 7) is 8.19. The lowest BCUT2D eigenvalue weighted by Gasteiger charge is -2.37. The number of amides is 2. The SMILES string of the molecule is Cc1cc(N2CCC(N(C)C(=O)c3ccc4c(c3)[C@H](CNC(=O)c3ccccc3C)CC4)CC2)nc(C)n1. The maximum Gasteiger partial charge on any atom is 0.253 e. The molecule has 0 saturated carbocycles. The average Bonchev–Trinajstić information content (AvgIpc) is 3.33. The maximum absolute atomic E-state index is 13.5. The van der Waals surface area contributed by atoms with E-state index in [4.69, 9.17) is 0 Å². The Morgan fingerprint density at radius 2 is 1.76 bits per heavy atom. The van der Waals surface area contributed by atoms with Crippen molar-refractivity contribution in [3.05, 3.63) is 87.9 Å². The molecular formula is C31H37N5O2. The molecule has 0 bridgehead atoms. The van der Waals surface area contributed by atoms with Gasteiger partial charge in [0, 0.05) is 61.5 Å². The summed E-state index contributed by atoms with van der Waals surface area (Å²) in [5.41, 5.74) is 5.87. The Morgan fingerprint density at radius 1 is 1.00 bits per heavy atom. The molecule has 1 saturated heterocycles. The van der Waals surface area contributed by atoms with Gasteiger partial charge < -0.3 is 15.1 Å². The van der Waals surface area contributed by atoms with Gasteiger partial charge in [0.2, 0.25) is 0 Å². The van der Waals surface area contributed by atoms with Crippen LogP contribution in [0.15, 0.2) is 48.5 Å². The molecule has 0 radical (unpaired) electrons. The Balaban J connectivity index is 1.21. The number of nitrogens with one attached hydrogen (secondary N) is 1. The van der Waals surface area contributed by atoms with E-state index in [1.807, 2.05) is 69.1 Å². The molecule has 3 aromatic rings. The van der Waals surface area contributed by atoms with Crippen molar-refractivity contribution in [2.45, 2.75) is 58.4 Å². The Morgan fingerprint density at radius 3 is 2.50 bits per heavy atom. The summed E-state index contributed by atoms with van der Waals surface area (Å²) in [7, 11) is 1.93. The minimum absolute atomic E-state index is 0.0397. The number of nitrogens with zero attached hydrogens (tertiary/aromatic N) is 4. The summed E-state index contributed by atoms with van der Waals surface area (Å²) in [5, 5.41) is 3.12. The van der Waals surface area contributed by atoms with Gasteiger partial charge in [-0.05, 0) is 81.3 Å². The topological polar surface area (TPSA) is 78.4 Å². The molecule has 0 unspecified atom stereocenters. The number of carbonyl (C=O) groups excluding carboxylic acids is 2. The molecular weight excluding hydrogens is 474 g/mol. The first kappa shape index (κ1) is 25.9. The van der Waals surface area contributed by atoms with Gasteiger partial charge in [-0.2, -0.15) is 0 Å². The monoisotopic (exact) mass is 511 g/mol. The number of carbonyl (C=O) groups is 2. The normalized spacial score (nSPS) is 17.3. The molecule has 1 N–H and O–H groups in total. The first-order valence-electron chi connectivity index (χ1n) is 13.6. The van der Waals surface area contributed by atoms with Gasteiger partial charge in [-0.1, -0.05) is 24.3 Å². The van der Waals surface area contributed by atoms with Crippen LogP contribution in [0, 0.1) is 20.8 Å². The van der Waals surface area contributed by atoms with Gasteiger partial charge in [0.15, 0.2) is 0 Å². The Labute approximate surface area is 225 Å². The van der Waals surface area contributed by atoms with E-state index in [1.54, 1.807) is 0 Å². The molecule has 5 rings (SSSR count). The van der Waals surface area contributed by atoms with Crippen LogP contribution in [0.25, 0.3) is 0 Å². The lowest BCUT2D eigenvalue weighted by molar-refractivity contribution is 0.0708. The number of rotatable bonds is 6. The number of anilines is 1. The summed E-state index contributed by atoms with van der Waals surface area (Å²) < 4.78 is 0. The smallest absolute Gasteiger partial charge is 0.253 e. The maximum atomic E-state index is 13.5. The molecule has 1 aliphatic carbocycles. The minimum Gasteiger partial charge on any atom is -0.356 e. The highest BCUT2D eigenvalue weighted by Gasteiger charge is 2.29. The van der Waals surface area contributed by atoms with Crippen molar-refractivity contribution < 1.29 is 9.59 Å². The van der Waals surface area contributed by atoms with E-state index in [2.05, 4.69) is 32.3 Å². The number of benzene rings is 2. The van der Waals surface area contributed by atoms with Gasteiger partial charge in [-0.25, -0.2) is 9.97 Å². The average molecular weight is 512 g/mol. The largest absolute Gasteiger partial charge is 0.356 e. The number of aromatic nitrogens is 2. The molecule has 0 spiro atoms. The fourth-order valence-electron chi connectivity index (χ4n) is 5.88. The predicted octanol–water partition coefficient (Wildman–Crippen LogP) is 4.60. The van der Waals surface area contributed by atoms with Gasteiger partial charge in [0.05, 0.1) is 0 Å².